The Hall–Kier alpha value is -0.530. The van der Waals surface area contributed by atoms with E-state index in [-0.39, 0.29) is 17.5 Å². The van der Waals surface area contributed by atoms with Gasteiger partial charge in [0.15, 0.2) is 0 Å². The number of esters is 1. The molecule has 8 unspecified atom stereocenters. The normalized spacial score (nSPS) is 51.2. The fourth-order valence-electron chi connectivity index (χ4n) is 6.86. The average molecular weight is 290 g/mol. The summed E-state index contributed by atoms with van der Waals surface area (Å²) >= 11 is 0. The maximum absolute atomic E-state index is 12.4. The average Bonchev–Trinajstić information content (AvgIpc) is 3.15. The maximum Gasteiger partial charge on any atom is 0.309 e. The van der Waals surface area contributed by atoms with E-state index in [4.69, 9.17) is 4.74 Å². The predicted octanol–water partition coefficient (Wildman–Crippen LogP) is 4.43. The molecule has 8 atom stereocenters. The van der Waals surface area contributed by atoms with Crippen LogP contribution >= 0.6 is 0 Å². The highest BCUT2D eigenvalue weighted by atomic mass is 16.6. The van der Waals surface area contributed by atoms with Crippen molar-refractivity contribution in [3.8, 4) is 0 Å². The van der Waals surface area contributed by atoms with Crippen LogP contribution < -0.4 is 0 Å². The highest BCUT2D eigenvalue weighted by molar-refractivity contribution is 5.72. The van der Waals surface area contributed by atoms with Crippen molar-refractivity contribution in [2.75, 3.05) is 0 Å². The van der Waals surface area contributed by atoms with E-state index in [1.54, 1.807) is 0 Å². The van der Waals surface area contributed by atoms with Gasteiger partial charge in [0, 0.05) is 5.92 Å². The summed E-state index contributed by atoms with van der Waals surface area (Å²) in [6.07, 6.45) is 8.93. The van der Waals surface area contributed by atoms with Crippen LogP contribution in [0.25, 0.3) is 0 Å². The molecule has 2 nitrogen and oxygen atoms in total. The summed E-state index contributed by atoms with van der Waals surface area (Å²) in [7, 11) is 0. The van der Waals surface area contributed by atoms with E-state index in [0.29, 0.717) is 5.92 Å². The Kier molecular flexibility index (Phi) is 3.17. The summed E-state index contributed by atoms with van der Waals surface area (Å²) in [5, 5.41) is 0. The van der Waals surface area contributed by atoms with Crippen molar-refractivity contribution in [2.45, 2.75) is 71.3 Å². The molecule has 0 N–H and O–H groups in total. The van der Waals surface area contributed by atoms with E-state index in [1.807, 2.05) is 6.92 Å². The summed E-state index contributed by atoms with van der Waals surface area (Å²) < 4.78 is 6.12. The minimum absolute atomic E-state index is 0.0617. The Labute approximate surface area is 129 Å². The summed E-state index contributed by atoms with van der Waals surface area (Å²) in [6.45, 7) is 6.42. The first-order valence-corrected chi connectivity index (χ1v) is 9.26. The Morgan fingerprint density at radius 1 is 1.19 bits per heavy atom. The van der Waals surface area contributed by atoms with Crippen LogP contribution in [0, 0.1) is 41.4 Å². The molecule has 4 fully saturated rings. The minimum Gasteiger partial charge on any atom is -0.459 e. The predicted molar refractivity (Wildman–Crippen MR) is 82.6 cm³/mol. The molecule has 118 valence electrons. The molecule has 0 amide bonds. The first-order valence-electron chi connectivity index (χ1n) is 9.26. The molecular formula is C19H30O2. The number of hydrogen-bond donors (Lipinski definition) is 0. The molecule has 0 radical (unpaired) electrons. The van der Waals surface area contributed by atoms with Crippen LogP contribution in [-0.4, -0.2) is 11.6 Å². The molecule has 0 saturated heterocycles. The van der Waals surface area contributed by atoms with Gasteiger partial charge in [0.1, 0.15) is 5.60 Å². The van der Waals surface area contributed by atoms with Crippen molar-refractivity contribution in [3.63, 3.8) is 0 Å². The van der Waals surface area contributed by atoms with E-state index >= 15 is 0 Å². The Balaban J connectivity index is 1.49. The van der Waals surface area contributed by atoms with Crippen LogP contribution in [0.3, 0.4) is 0 Å². The molecule has 0 aromatic carbocycles. The highest BCUT2D eigenvalue weighted by Crippen LogP contribution is 2.70. The third-order valence-corrected chi connectivity index (χ3v) is 7.52. The number of ether oxygens (including phenoxy) is 1. The van der Waals surface area contributed by atoms with E-state index < -0.39 is 0 Å². The third kappa shape index (κ3) is 1.93. The van der Waals surface area contributed by atoms with Crippen LogP contribution in [0.4, 0.5) is 0 Å². The molecule has 0 spiro atoms. The van der Waals surface area contributed by atoms with Crippen molar-refractivity contribution in [1.82, 2.24) is 0 Å². The largest absolute Gasteiger partial charge is 0.459 e. The quantitative estimate of drug-likeness (QED) is 0.565. The van der Waals surface area contributed by atoms with Crippen molar-refractivity contribution >= 4 is 5.97 Å². The van der Waals surface area contributed by atoms with Gasteiger partial charge in [-0.25, -0.2) is 0 Å². The SMILES string of the molecule is CCCC(C)C(=O)OC1(C)CC2CC1C1C3CCC(C3)C21. The van der Waals surface area contributed by atoms with E-state index in [2.05, 4.69) is 13.8 Å². The lowest BCUT2D eigenvalue weighted by atomic mass is 9.66. The topological polar surface area (TPSA) is 26.3 Å². The molecule has 0 aromatic heterocycles. The van der Waals surface area contributed by atoms with E-state index in [0.717, 1.165) is 48.9 Å². The van der Waals surface area contributed by atoms with Crippen molar-refractivity contribution in [3.05, 3.63) is 0 Å². The molecule has 0 heterocycles. The molecule has 4 saturated carbocycles. The molecule has 4 aliphatic carbocycles. The van der Waals surface area contributed by atoms with Gasteiger partial charge in [-0.3, -0.25) is 4.79 Å². The van der Waals surface area contributed by atoms with Crippen molar-refractivity contribution < 1.29 is 9.53 Å². The van der Waals surface area contributed by atoms with Gasteiger partial charge < -0.3 is 4.74 Å². The summed E-state index contributed by atoms with van der Waals surface area (Å²) in [5.41, 5.74) is -0.143. The zero-order valence-electron chi connectivity index (χ0n) is 13.8. The first kappa shape index (κ1) is 14.1. The van der Waals surface area contributed by atoms with Crippen LogP contribution in [0.5, 0.6) is 0 Å². The van der Waals surface area contributed by atoms with Gasteiger partial charge >= 0.3 is 5.97 Å². The van der Waals surface area contributed by atoms with Crippen LogP contribution in [0.2, 0.25) is 0 Å². The second-order valence-corrected chi connectivity index (χ2v) is 8.72. The zero-order chi connectivity index (χ0) is 14.8. The summed E-state index contributed by atoms with van der Waals surface area (Å²) in [6, 6.07) is 0. The van der Waals surface area contributed by atoms with Gasteiger partial charge in [0.25, 0.3) is 0 Å². The monoisotopic (exact) mass is 290 g/mol. The number of carbonyl (C=O) groups is 1. The Bertz CT molecular complexity index is 445. The Morgan fingerprint density at radius 2 is 1.90 bits per heavy atom. The van der Waals surface area contributed by atoms with Crippen LogP contribution in [0.1, 0.15) is 65.7 Å². The summed E-state index contributed by atoms with van der Waals surface area (Å²) in [5.74, 6) is 5.52. The molecule has 0 aromatic rings. The molecule has 21 heavy (non-hydrogen) atoms. The van der Waals surface area contributed by atoms with Gasteiger partial charge in [-0.05, 0) is 75.0 Å². The third-order valence-electron chi connectivity index (χ3n) is 7.52. The first-order chi connectivity index (χ1) is 10.0. The van der Waals surface area contributed by atoms with Gasteiger partial charge in [0.05, 0.1) is 5.92 Å². The standard InChI is InChI=1S/C19H30O2/c1-4-5-11(2)18(20)21-19(3)10-14-9-15(19)17-13-7-6-12(8-13)16(14)17/h11-17H,4-10H2,1-3H3. The maximum atomic E-state index is 12.4. The van der Waals surface area contributed by atoms with E-state index in [9.17, 15) is 4.79 Å². The fraction of sp³-hybridized carbons (Fsp3) is 0.947. The highest BCUT2D eigenvalue weighted by Gasteiger charge is 2.66. The fourth-order valence-corrected chi connectivity index (χ4v) is 6.86. The molecule has 4 bridgehead atoms. The number of carbonyl (C=O) groups excluding carboxylic acids is 1. The van der Waals surface area contributed by atoms with Crippen molar-refractivity contribution in [2.24, 2.45) is 41.4 Å². The second kappa shape index (κ2) is 4.73. The van der Waals surface area contributed by atoms with Crippen molar-refractivity contribution in [1.29, 1.82) is 0 Å². The molecule has 4 aliphatic rings. The second-order valence-electron chi connectivity index (χ2n) is 8.72. The number of hydrogen-bond acceptors (Lipinski definition) is 2. The molecule has 4 rings (SSSR count). The summed E-state index contributed by atoms with van der Waals surface area (Å²) in [4.78, 5) is 12.4. The lowest BCUT2D eigenvalue weighted by Crippen LogP contribution is -2.46. The zero-order valence-corrected chi connectivity index (χ0v) is 13.8. The van der Waals surface area contributed by atoms with Gasteiger partial charge in [-0.1, -0.05) is 20.3 Å². The molecular weight excluding hydrogens is 260 g/mol. The van der Waals surface area contributed by atoms with E-state index in [1.165, 1.54) is 25.7 Å². The lowest BCUT2D eigenvalue weighted by molar-refractivity contribution is -0.173. The Morgan fingerprint density at radius 3 is 2.62 bits per heavy atom. The molecule has 0 aliphatic heterocycles. The smallest absolute Gasteiger partial charge is 0.309 e. The number of rotatable bonds is 4. The van der Waals surface area contributed by atoms with Gasteiger partial charge in [0.2, 0.25) is 0 Å². The van der Waals surface area contributed by atoms with Crippen LogP contribution in [-0.2, 0) is 9.53 Å². The molecule has 2 heteroatoms. The lowest BCUT2D eigenvalue weighted by Gasteiger charge is -2.44. The number of fused-ring (bicyclic) bond motifs is 9. The minimum atomic E-state index is -0.143. The van der Waals surface area contributed by atoms with Gasteiger partial charge in [-0.15, -0.1) is 0 Å². The van der Waals surface area contributed by atoms with Crippen LogP contribution in [0.15, 0.2) is 0 Å². The van der Waals surface area contributed by atoms with Gasteiger partial charge in [-0.2, -0.15) is 0 Å².